The third-order valence-corrected chi connectivity index (χ3v) is 9.10. The van der Waals surface area contributed by atoms with E-state index in [2.05, 4.69) is 21.3 Å². The minimum Gasteiger partial charge on any atom is -0.481 e. The molecule has 0 aliphatic carbocycles. The van der Waals surface area contributed by atoms with Crippen molar-refractivity contribution >= 4 is 35.6 Å². The lowest BCUT2D eigenvalue weighted by Gasteiger charge is -2.13. The lowest BCUT2D eigenvalue weighted by atomic mass is 10.1. The predicted octanol–water partition coefficient (Wildman–Crippen LogP) is 2.63. The third kappa shape index (κ3) is 49.5. The molecular formula is C44H82N4O16. The molecule has 0 saturated carbocycles. The maximum absolute atomic E-state index is 12.0. The van der Waals surface area contributed by atoms with Gasteiger partial charge in [-0.05, 0) is 25.7 Å². The minimum absolute atomic E-state index is 0.0566. The number of aliphatic carboxylic acids is 2. The Kier molecular flexibility index (Phi) is 44.9. The molecule has 0 saturated heterocycles. The summed E-state index contributed by atoms with van der Waals surface area (Å²) in [4.78, 5) is 68.7. The zero-order chi connectivity index (χ0) is 47.0. The van der Waals surface area contributed by atoms with Gasteiger partial charge in [0, 0.05) is 70.6 Å². The van der Waals surface area contributed by atoms with E-state index in [1.165, 1.54) is 0 Å². The van der Waals surface area contributed by atoms with Crippen LogP contribution in [0.15, 0.2) is 0 Å². The molecule has 20 heteroatoms. The number of nitrogens with one attached hydrogen (secondary N) is 4. The van der Waals surface area contributed by atoms with E-state index in [4.69, 9.17) is 48.1 Å². The van der Waals surface area contributed by atoms with Crippen LogP contribution in [0.25, 0.3) is 0 Å². The molecule has 20 nitrogen and oxygen atoms in total. The molecule has 6 N–H and O–H groups in total. The summed E-state index contributed by atoms with van der Waals surface area (Å²) < 4.78 is 43.9. The summed E-state index contributed by atoms with van der Waals surface area (Å²) in [7, 11) is 0. The summed E-state index contributed by atoms with van der Waals surface area (Å²) in [5.74, 6) is -1.80. The van der Waals surface area contributed by atoms with E-state index in [-0.39, 0.29) is 81.3 Å². The van der Waals surface area contributed by atoms with Crippen LogP contribution in [0.1, 0.15) is 110 Å². The molecule has 0 heterocycles. The number of unbranched alkanes of at least 4 members (excludes halogenated alkanes) is 8. The van der Waals surface area contributed by atoms with Crippen LogP contribution in [-0.2, 0) is 66.7 Å². The highest BCUT2D eigenvalue weighted by molar-refractivity contribution is 5.77. The van der Waals surface area contributed by atoms with E-state index in [9.17, 15) is 28.8 Å². The highest BCUT2D eigenvalue weighted by atomic mass is 16.5. The highest BCUT2D eigenvalue weighted by Gasteiger charge is 2.08. The Morgan fingerprint density at radius 1 is 0.328 bits per heavy atom. The Morgan fingerprint density at radius 2 is 0.594 bits per heavy atom. The Balaban J connectivity index is 3.40. The Hall–Kier alpha value is -3.50. The molecule has 0 aliphatic rings. The van der Waals surface area contributed by atoms with Gasteiger partial charge in [0.25, 0.3) is 0 Å². The SMILES string of the molecule is CC(COCCC(=O)NCCOCCOCCOCCC(=O)NCCCCCCCC(=O)O)COCCC(=O)NCCOCCOCCOCCC(=O)NCCCCCCCC(=O)O. The molecule has 0 unspecified atom stereocenters. The van der Waals surface area contributed by atoms with Crippen LogP contribution in [-0.4, -0.2) is 178 Å². The van der Waals surface area contributed by atoms with Crippen molar-refractivity contribution in [3.8, 4) is 0 Å². The van der Waals surface area contributed by atoms with E-state index in [1.54, 1.807) is 0 Å². The van der Waals surface area contributed by atoms with Crippen LogP contribution in [0, 0.1) is 5.92 Å². The molecule has 64 heavy (non-hydrogen) atoms. The second-order valence-corrected chi connectivity index (χ2v) is 15.2. The molecule has 0 aliphatic heterocycles. The molecule has 0 aromatic heterocycles. The predicted molar refractivity (Wildman–Crippen MR) is 237 cm³/mol. The summed E-state index contributed by atoms with van der Waals surface area (Å²) in [5.41, 5.74) is 0. The van der Waals surface area contributed by atoms with Gasteiger partial charge < -0.3 is 69.4 Å². The van der Waals surface area contributed by atoms with Gasteiger partial charge in [0.05, 0.1) is 106 Å². The molecule has 0 radical (unpaired) electrons. The van der Waals surface area contributed by atoms with Crippen LogP contribution < -0.4 is 21.3 Å². The Bertz CT molecular complexity index is 1080. The number of rotatable bonds is 50. The van der Waals surface area contributed by atoms with Gasteiger partial charge in [-0.15, -0.1) is 0 Å². The van der Waals surface area contributed by atoms with Crippen LogP contribution >= 0.6 is 0 Å². The molecule has 0 aromatic carbocycles. The normalized spacial score (nSPS) is 11.2. The number of amides is 4. The largest absolute Gasteiger partial charge is 0.481 e. The first kappa shape index (κ1) is 60.5. The molecule has 0 rings (SSSR count). The van der Waals surface area contributed by atoms with Crippen molar-refractivity contribution in [2.75, 3.05) is 132 Å². The van der Waals surface area contributed by atoms with Crippen molar-refractivity contribution in [1.82, 2.24) is 21.3 Å². The van der Waals surface area contributed by atoms with E-state index in [0.29, 0.717) is 132 Å². The van der Waals surface area contributed by atoms with E-state index < -0.39 is 11.9 Å². The number of hydrogen-bond donors (Lipinski definition) is 6. The van der Waals surface area contributed by atoms with E-state index in [1.807, 2.05) is 6.92 Å². The molecule has 374 valence electrons. The van der Waals surface area contributed by atoms with Gasteiger partial charge in [0.15, 0.2) is 0 Å². The molecule has 0 bridgehead atoms. The van der Waals surface area contributed by atoms with Crippen LogP contribution in [0.2, 0.25) is 0 Å². The van der Waals surface area contributed by atoms with E-state index in [0.717, 1.165) is 51.4 Å². The number of ether oxygens (including phenoxy) is 8. The molecule has 4 amide bonds. The number of carboxylic acids is 2. The summed E-state index contributed by atoms with van der Waals surface area (Å²) in [6.07, 6.45) is 10.2. The molecule has 0 atom stereocenters. The van der Waals surface area contributed by atoms with Crippen molar-refractivity contribution in [1.29, 1.82) is 0 Å². The number of carbonyl (C=O) groups is 6. The summed E-state index contributed by atoms with van der Waals surface area (Å²) in [6.45, 7) is 9.79. The number of carboxylic acid groups (broad SMARTS) is 2. The van der Waals surface area contributed by atoms with Crippen molar-refractivity contribution in [2.45, 2.75) is 110 Å². The Morgan fingerprint density at radius 3 is 0.938 bits per heavy atom. The second-order valence-electron chi connectivity index (χ2n) is 15.2. The zero-order valence-corrected chi connectivity index (χ0v) is 38.6. The summed E-state index contributed by atoms with van der Waals surface area (Å²) in [5, 5.41) is 28.5. The van der Waals surface area contributed by atoms with Crippen LogP contribution in [0.3, 0.4) is 0 Å². The lowest BCUT2D eigenvalue weighted by molar-refractivity contribution is -0.138. The summed E-state index contributed by atoms with van der Waals surface area (Å²) >= 11 is 0. The maximum Gasteiger partial charge on any atom is 0.303 e. The fraction of sp³-hybridized carbons (Fsp3) is 0.864. The lowest BCUT2D eigenvalue weighted by Crippen LogP contribution is -2.29. The van der Waals surface area contributed by atoms with Gasteiger partial charge in [-0.1, -0.05) is 45.4 Å². The smallest absolute Gasteiger partial charge is 0.303 e. The van der Waals surface area contributed by atoms with Crippen molar-refractivity contribution in [3.05, 3.63) is 0 Å². The first-order valence-electron chi connectivity index (χ1n) is 23.2. The number of carbonyl (C=O) groups excluding carboxylic acids is 4. The fourth-order valence-corrected chi connectivity index (χ4v) is 5.56. The standard InChI is InChI=1S/C44H82N4O16/c1-38(36-63-24-16-41(51)47-20-26-59-30-34-61-32-28-57-22-14-39(49)45-18-10-6-2-4-8-12-43(53)54)37-64-25-17-42(52)48-21-27-60-31-35-62-33-29-58-23-15-40(50)46-19-11-7-3-5-9-13-44(55)56/h38H,2-37H2,1H3,(H,45,49)(H,46,50)(H,47,51)(H,48,52)(H,53,54)(H,55,56). The first-order chi connectivity index (χ1) is 31.1. The monoisotopic (exact) mass is 923 g/mol. The molecule has 0 fully saturated rings. The number of hydrogen-bond acceptors (Lipinski definition) is 14. The maximum atomic E-state index is 12.0. The van der Waals surface area contributed by atoms with Gasteiger partial charge in [-0.25, -0.2) is 0 Å². The topological polar surface area (TPSA) is 265 Å². The second kappa shape index (κ2) is 47.5. The average molecular weight is 923 g/mol. The summed E-state index contributed by atoms with van der Waals surface area (Å²) in [6, 6.07) is 0. The van der Waals surface area contributed by atoms with Crippen molar-refractivity contribution in [3.63, 3.8) is 0 Å². The van der Waals surface area contributed by atoms with Crippen LogP contribution in [0.4, 0.5) is 0 Å². The molecule has 0 spiro atoms. The van der Waals surface area contributed by atoms with Gasteiger partial charge in [0.1, 0.15) is 0 Å². The van der Waals surface area contributed by atoms with Gasteiger partial charge >= 0.3 is 11.9 Å². The third-order valence-electron chi connectivity index (χ3n) is 9.10. The molecular weight excluding hydrogens is 840 g/mol. The van der Waals surface area contributed by atoms with Crippen molar-refractivity contribution < 1.29 is 76.9 Å². The van der Waals surface area contributed by atoms with Gasteiger partial charge in [-0.2, -0.15) is 0 Å². The van der Waals surface area contributed by atoms with Gasteiger partial charge in [-0.3, -0.25) is 28.8 Å². The Labute approximate surface area is 380 Å². The minimum atomic E-state index is -0.761. The zero-order valence-electron chi connectivity index (χ0n) is 38.6. The van der Waals surface area contributed by atoms with E-state index >= 15 is 0 Å². The highest BCUT2D eigenvalue weighted by Crippen LogP contribution is 2.06. The first-order valence-corrected chi connectivity index (χ1v) is 23.2. The quantitative estimate of drug-likeness (QED) is 0.0479. The average Bonchev–Trinajstić information content (AvgIpc) is 3.26. The van der Waals surface area contributed by atoms with Crippen molar-refractivity contribution in [2.24, 2.45) is 5.92 Å². The van der Waals surface area contributed by atoms with Gasteiger partial charge in [0.2, 0.25) is 23.6 Å². The van der Waals surface area contributed by atoms with Crippen LogP contribution in [0.5, 0.6) is 0 Å². The fourth-order valence-electron chi connectivity index (χ4n) is 5.56. The molecule has 0 aromatic rings.